The van der Waals surface area contributed by atoms with Gasteiger partial charge in [0.2, 0.25) is 5.91 Å². The van der Waals surface area contributed by atoms with Gasteiger partial charge in [-0.05, 0) is 45.0 Å². The number of aromatic nitrogens is 3. The lowest BCUT2D eigenvalue weighted by atomic mass is 10.1. The first-order valence-electron chi connectivity index (χ1n) is 8.48. The highest BCUT2D eigenvalue weighted by atomic mass is 16.5. The maximum atomic E-state index is 12.7. The molecule has 3 aromatic rings. The van der Waals surface area contributed by atoms with Crippen molar-refractivity contribution in [1.29, 1.82) is 0 Å². The predicted octanol–water partition coefficient (Wildman–Crippen LogP) is 2.48. The van der Waals surface area contributed by atoms with Crippen LogP contribution in [0, 0.1) is 13.8 Å². The molecular formula is C19H20N4O4. The fraction of sp³-hybridized carbons (Fsp3) is 0.263. The van der Waals surface area contributed by atoms with Crippen molar-refractivity contribution in [1.82, 2.24) is 14.3 Å². The predicted molar refractivity (Wildman–Crippen MR) is 99.3 cm³/mol. The van der Waals surface area contributed by atoms with Gasteiger partial charge in [-0.2, -0.15) is 0 Å². The smallest absolute Gasteiger partial charge is 0.332 e. The van der Waals surface area contributed by atoms with Crippen molar-refractivity contribution >= 4 is 17.5 Å². The third-order valence-corrected chi connectivity index (χ3v) is 4.14. The molecule has 1 aromatic carbocycles. The molecule has 2 aromatic heterocycles. The Morgan fingerprint density at radius 2 is 1.89 bits per heavy atom. The van der Waals surface area contributed by atoms with Crippen LogP contribution in [0.3, 0.4) is 0 Å². The maximum absolute atomic E-state index is 12.7. The fourth-order valence-corrected chi connectivity index (χ4v) is 2.79. The summed E-state index contributed by atoms with van der Waals surface area (Å²) < 4.78 is 7.93. The quantitative estimate of drug-likeness (QED) is 0.674. The molecule has 1 N–H and O–H groups in total. The third kappa shape index (κ3) is 4.05. The molecule has 8 nitrogen and oxygen atoms in total. The van der Waals surface area contributed by atoms with Gasteiger partial charge in [0.25, 0.3) is 0 Å². The van der Waals surface area contributed by atoms with Gasteiger partial charge in [-0.3, -0.25) is 18.7 Å². The number of rotatable bonds is 6. The number of benzene rings is 1. The van der Waals surface area contributed by atoms with E-state index in [-0.39, 0.29) is 30.3 Å². The Bertz CT molecular complexity index is 1040. The number of anilines is 1. The summed E-state index contributed by atoms with van der Waals surface area (Å²) in [5, 5.41) is 6.33. The number of nitrogens with zero attached hydrogens (tertiary/aromatic N) is 3. The summed E-state index contributed by atoms with van der Waals surface area (Å²) in [4.78, 5) is 36.1. The molecule has 27 heavy (non-hydrogen) atoms. The van der Waals surface area contributed by atoms with Crippen LogP contribution in [0.5, 0.6) is 0 Å². The van der Waals surface area contributed by atoms with E-state index in [1.807, 2.05) is 6.92 Å². The molecule has 0 aliphatic heterocycles. The summed E-state index contributed by atoms with van der Waals surface area (Å²) in [6.45, 7) is 5.28. The fourth-order valence-electron chi connectivity index (χ4n) is 2.79. The van der Waals surface area contributed by atoms with Gasteiger partial charge in [0.05, 0.1) is 5.69 Å². The van der Waals surface area contributed by atoms with E-state index in [0.717, 1.165) is 5.69 Å². The summed E-state index contributed by atoms with van der Waals surface area (Å²) >= 11 is 0. The highest BCUT2D eigenvalue weighted by molar-refractivity contribution is 5.94. The van der Waals surface area contributed by atoms with E-state index in [1.54, 1.807) is 48.0 Å². The van der Waals surface area contributed by atoms with Crippen LogP contribution in [0.1, 0.15) is 35.2 Å². The Kier molecular flexibility index (Phi) is 5.07. The van der Waals surface area contributed by atoms with Crippen molar-refractivity contribution in [3.63, 3.8) is 0 Å². The highest BCUT2D eigenvalue weighted by Crippen LogP contribution is 2.12. The summed E-state index contributed by atoms with van der Waals surface area (Å²) in [5.41, 5.74) is 1.75. The first-order chi connectivity index (χ1) is 12.8. The minimum Gasteiger partial charge on any atom is -0.360 e. The zero-order valence-corrected chi connectivity index (χ0v) is 15.4. The van der Waals surface area contributed by atoms with E-state index in [2.05, 4.69) is 10.5 Å². The van der Waals surface area contributed by atoms with Gasteiger partial charge in [-0.15, -0.1) is 0 Å². The molecule has 0 radical (unpaired) electrons. The monoisotopic (exact) mass is 368 g/mol. The standard InChI is InChI=1S/C19H20N4O4/c1-12-11-22(9-8-18(25)20-17-10-13(2)27-21-17)19(26)23(12)16-6-4-15(5-7-16)14(3)24/h4-7,10-11H,8-9H2,1-3H3,(H,20,21,25). The lowest BCUT2D eigenvalue weighted by Crippen LogP contribution is -2.25. The second-order valence-corrected chi connectivity index (χ2v) is 6.31. The normalized spacial score (nSPS) is 10.8. The maximum Gasteiger partial charge on any atom is 0.332 e. The van der Waals surface area contributed by atoms with E-state index < -0.39 is 0 Å². The van der Waals surface area contributed by atoms with Gasteiger partial charge >= 0.3 is 5.69 Å². The topological polar surface area (TPSA) is 99.1 Å². The Balaban J connectivity index is 1.72. The number of carbonyl (C=O) groups is 2. The van der Waals surface area contributed by atoms with Gasteiger partial charge in [-0.1, -0.05) is 5.16 Å². The Labute approximate surface area is 155 Å². The summed E-state index contributed by atoms with van der Waals surface area (Å²) in [5.74, 6) is 0.664. The Hall–Kier alpha value is -3.42. The van der Waals surface area contributed by atoms with Crippen LogP contribution in [0.2, 0.25) is 0 Å². The SMILES string of the molecule is CC(=O)c1ccc(-n2c(C)cn(CCC(=O)Nc3cc(C)on3)c2=O)cc1. The average molecular weight is 368 g/mol. The van der Waals surface area contributed by atoms with Crippen LogP contribution in [-0.2, 0) is 11.3 Å². The first-order valence-corrected chi connectivity index (χ1v) is 8.48. The lowest BCUT2D eigenvalue weighted by Gasteiger charge is -2.05. The molecule has 0 saturated carbocycles. The number of carbonyl (C=O) groups excluding carboxylic acids is 2. The molecule has 0 saturated heterocycles. The summed E-state index contributed by atoms with van der Waals surface area (Å²) in [6, 6.07) is 8.46. The Morgan fingerprint density at radius 3 is 2.48 bits per heavy atom. The molecule has 0 unspecified atom stereocenters. The molecule has 0 bridgehead atoms. The van der Waals surface area contributed by atoms with E-state index in [0.29, 0.717) is 22.8 Å². The van der Waals surface area contributed by atoms with E-state index >= 15 is 0 Å². The number of Topliss-reactive ketones (excluding diaryl/α,β-unsaturated/α-hetero) is 1. The number of nitrogens with one attached hydrogen (secondary N) is 1. The van der Waals surface area contributed by atoms with Gasteiger partial charge in [0.15, 0.2) is 11.6 Å². The number of imidazole rings is 1. The van der Waals surface area contributed by atoms with Gasteiger partial charge in [-0.25, -0.2) is 4.79 Å². The molecule has 0 spiro atoms. The Morgan fingerprint density at radius 1 is 1.19 bits per heavy atom. The van der Waals surface area contributed by atoms with Crippen LogP contribution in [0.4, 0.5) is 5.82 Å². The van der Waals surface area contributed by atoms with E-state index in [9.17, 15) is 14.4 Å². The summed E-state index contributed by atoms with van der Waals surface area (Å²) in [6.07, 6.45) is 1.83. The molecule has 0 atom stereocenters. The minimum absolute atomic E-state index is 0.0310. The number of amides is 1. The van der Waals surface area contributed by atoms with Crippen molar-refractivity contribution in [2.24, 2.45) is 0 Å². The zero-order chi connectivity index (χ0) is 19.6. The number of aryl methyl sites for hydroxylation is 3. The van der Waals surface area contributed by atoms with Crippen molar-refractivity contribution in [3.05, 3.63) is 64.0 Å². The molecule has 0 aliphatic rings. The molecule has 2 heterocycles. The second-order valence-electron chi connectivity index (χ2n) is 6.31. The van der Waals surface area contributed by atoms with E-state index in [4.69, 9.17) is 4.52 Å². The van der Waals surface area contributed by atoms with E-state index in [1.165, 1.54) is 11.5 Å². The lowest BCUT2D eigenvalue weighted by molar-refractivity contribution is -0.116. The molecule has 140 valence electrons. The second kappa shape index (κ2) is 7.45. The number of hydrogen-bond donors (Lipinski definition) is 1. The number of hydrogen-bond acceptors (Lipinski definition) is 5. The van der Waals surface area contributed by atoms with Crippen molar-refractivity contribution < 1.29 is 14.1 Å². The first kappa shape index (κ1) is 18.4. The molecule has 8 heteroatoms. The summed E-state index contributed by atoms with van der Waals surface area (Å²) in [7, 11) is 0. The minimum atomic E-state index is -0.258. The van der Waals surface area contributed by atoms with Crippen LogP contribution in [-0.4, -0.2) is 26.0 Å². The van der Waals surface area contributed by atoms with Gasteiger partial charge in [0.1, 0.15) is 5.76 Å². The van der Waals surface area contributed by atoms with Crippen LogP contribution in [0.15, 0.2) is 45.8 Å². The van der Waals surface area contributed by atoms with Crippen molar-refractivity contribution in [2.45, 2.75) is 33.7 Å². The molecule has 0 fully saturated rings. The van der Waals surface area contributed by atoms with Crippen molar-refractivity contribution in [3.8, 4) is 5.69 Å². The van der Waals surface area contributed by atoms with Crippen molar-refractivity contribution in [2.75, 3.05) is 5.32 Å². The molecular weight excluding hydrogens is 348 g/mol. The number of ketones is 1. The van der Waals surface area contributed by atoms with Crippen LogP contribution in [0.25, 0.3) is 5.69 Å². The highest BCUT2D eigenvalue weighted by Gasteiger charge is 2.12. The van der Waals surface area contributed by atoms with Crippen LogP contribution >= 0.6 is 0 Å². The van der Waals surface area contributed by atoms with Crippen LogP contribution < -0.4 is 11.0 Å². The van der Waals surface area contributed by atoms with Gasteiger partial charge < -0.3 is 9.84 Å². The third-order valence-electron chi connectivity index (χ3n) is 4.14. The zero-order valence-electron chi connectivity index (χ0n) is 15.4. The molecule has 3 rings (SSSR count). The van der Waals surface area contributed by atoms with Gasteiger partial charge in [0, 0.05) is 36.5 Å². The average Bonchev–Trinajstić information content (AvgIpc) is 3.15. The molecule has 1 amide bonds. The largest absolute Gasteiger partial charge is 0.360 e. The molecule has 0 aliphatic carbocycles.